The predicted octanol–water partition coefficient (Wildman–Crippen LogP) is 0.746. The summed E-state index contributed by atoms with van der Waals surface area (Å²) in [5.41, 5.74) is 2.66. The normalized spacial score (nSPS) is 21.2. The fourth-order valence-corrected chi connectivity index (χ4v) is 3.52. The minimum atomic E-state index is -0.978. The number of halogens is 1. The third kappa shape index (κ3) is 2.73. The van der Waals surface area contributed by atoms with Gasteiger partial charge in [0.1, 0.15) is 24.7 Å². The molecule has 3 aromatic rings. The first-order valence-corrected chi connectivity index (χ1v) is 8.91. The zero-order valence-corrected chi connectivity index (χ0v) is 15.2. The van der Waals surface area contributed by atoms with Crippen molar-refractivity contribution in [1.82, 2.24) is 19.9 Å². The highest BCUT2D eigenvalue weighted by Crippen LogP contribution is 2.25. The smallest absolute Gasteiger partial charge is 0.288 e. The molecule has 1 aromatic carbocycles. The van der Waals surface area contributed by atoms with Gasteiger partial charge in [-0.05, 0) is 23.7 Å². The molecule has 2 unspecified atom stereocenters. The lowest BCUT2D eigenvalue weighted by molar-refractivity contribution is -0.812. The van der Waals surface area contributed by atoms with Crippen molar-refractivity contribution in [2.75, 3.05) is 11.5 Å². The number of aliphatic imine (C=N–C) groups is 1. The number of H-pyrrole nitrogens is 1. The maximum absolute atomic E-state index is 11.0. The van der Waals surface area contributed by atoms with E-state index in [1.54, 1.807) is 4.90 Å². The number of rotatable bonds is 4. The summed E-state index contributed by atoms with van der Waals surface area (Å²) >= 11 is 6.24. The van der Waals surface area contributed by atoms with Crippen LogP contribution in [-0.2, 0) is 0 Å². The molecule has 2 atom stereocenters. The molecule has 10 heteroatoms. The number of aliphatic hydroxyl groups excluding tert-OH is 1. The van der Waals surface area contributed by atoms with E-state index in [1.807, 2.05) is 36.4 Å². The fraction of sp³-hybridized carbons (Fsp3) is 0.111. The summed E-state index contributed by atoms with van der Waals surface area (Å²) in [4.78, 5) is 22.0. The molecule has 2 aliphatic heterocycles. The van der Waals surface area contributed by atoms with E-state index in [-0.39, 0.29) is 6.61 Å². The van der Waals surface area contributed by atoms with Gasteiger partial charge < -0.3 is 14.8 Å². The van der Waals surface area contributed by atoms with Crippen molar-refractivity contribution in [3.63, 3.8) is 0 Å². The number of hydrogen-bond donors (Lipinski definition) is 3. The molecule has 3 N–H and O–H groups in total. The van der Waals surface area contributed by atoms with E-state index in [9.17, 15) is 5.11 Å². The SMILES string of the molecule is OC1N(c2ccccc2)C(COc2ncnc3nc[nH]c23)=CC2=NC=C(Cl)[NH+]21. The molecular formula is C18H15ClN7O2+. The third-order valence-electron chi connectivity index (χ3n) is 4.55. The quantitative estimate of drug-likeness (QED) is 0.562. The summed E-state index contributed by atoms with van der Waals surface area (Å²) in [5, 5.41) is 11.4. The molecule has 4 heterocycles. The van der Waals surface area contributed by atoms with Gasteiger partial charge in [-0.3, -0.25) is 4.90 Å². The van der Waals surface area contributed by atoms with Gasteiger partial charge in [0, 0.05) is 11.8 Å². The number of amidine groups is 1. The fourth-order valence-electron chi connectivity index (χ4n) is 3.27. The highest BCUT2D eigenvalue weighted by molar-refractivity contribution is 6.29. The monoisotopic (exact) mass is 396 g/mol. The Morgan fingerprint density at radius 3 is 2.93 bits per heavy atom. The number of aromatic amines is 1. The lowest BCUT2D eigenvalue weighted by atomic mass is 10.2. The summed E-state index contributed by atoms with van der Waals surface area (Å²) in [6.07, 6.45) is 5.35. The van der Waals surface area contributed by atoms with Crippen molar-refractivity contribution in [1.29, 1.82) is 0 Å². The van der Waals surface area contributed by atoms with E-state index in [2.05, 4.69) is 24.9 Å². The number of nitrogens with zero attached hydrogens (tertiary/aromatic N) is 5. The van der Waals surface area contributed by atoms with Crippen molar-refractivity contribution in [3.8, 4) is 5.88 Å². The molecule has 0 spiro atoms. The Hall–Kier alpha value is -3.27. The second-order valence-corrected chi connectivity index (χ2v) is 6.60. The van der Waals surface area contributed by atoms with Crippen LogP contribution in [0.5, 0.6) is 5.88 Å². The summed E-state index contributed by atoms with van der Waals surface area (Å²) in [6.45, 7) is 0.154. The Bertz CT molecular complexity index is 1130. The first-order chi connectivity index (χ1) is 13.7. The standard InChI is InChI=1S/C18H14ClN7O2/c19-13-7-20-14-6-12(8-28-17-15-16(22-9-21-15)23-10-24-17)25(18(27)26(13)14)11-4-2-1-3-5-11/h1-7,9-10,18,27H,8H2,(H,21,22,23,24)/p+1. The molecule has 0 saturated heterocycles. The molecule has 28 heavy (non-hydrogen) atoms. The van der Waals surface area contributed by atoms with Crippen LogP contribution in [0.15, 0.2) is 71.1 Å². The summed E-state index contributed by atoms with van der Waals surface area (Å²) in [5.74, 6) is 1.00. The van der Waals surface area contributed by atoms with Crippen LogP contribution in [0.1, 0.15) is 0 Å². The van der Waals surface area contributed by atoms with Gasteiger partial charge >= 0.3 is 0 Å². The molecule has 0 radical (unpaired) electrons. The van der Waals surface area contributed by atoms with Crippen molar-refractivity contribution >= 4 is 34.3 Å². The number of fused-ring (bicyclic) bond motifs is 2. The lowest BCUT2D eigenvalue weighted by Gasteiger charge is -2.36. The number of nitrogens with one attached hydrogen (secondary N) is 2. The van der Waals surface area contributed by atoms with Crippen molar-refractivity contribution < 1.29 is 14.7 Å². The predicted molar refractivity (Wildman–Crippen MR) is 103 cm³/mol. The van der Waals surface area contributed by atoms with Crippen LogP contribution in [0.2, 0.25) is 0 Å². The Morgan fingerprint density at radius 2 is 2.07 bits per heavy atom. The maximum atomic E-state index is 11.0. The van der Waals surface area contributed by atoms with Crippen LogP contribution >= 0.6 is 11.6 Å². The van der Waals surface area contributed by atoms with E-state index in [1.165, 1.54) is 18.9 Å². The van der Waals surface area contributed by atoms with Crippen LogP contribution in [0, 0.1) is 0 Å². The van der Waals surface area contributed by atoms with Gasteiger partial charge in [-0.15, -0.1) is 0 Å². The number of anilines is 1. The number of para-hydroxylation sites is 1. The second kappa shape index (κ2) is 6.71. The molecule has 140 valence electrons. The first kappa shape index (κ1) is 16.9. The van der Waals surface area contributed by atoms with Crippen LogP contribution < -0.4 is 14.5 Å². The minimum Gasteiger partial charge on any atom is -0.470 e. The second-order valence-electron chi connectivity index (χ2n) is 6.19. The van der Waals surface area contributed by atoms with Crippen LogP contribution in [-0.4, -0.2) is 43.8 Å². The molecule has 2 aliphatic rings. The highest BCUT2D eigenvalue weighted by Gasteiger charge is 2.42. The molecule has 0 fully saturated rings. The summed E-state index contributed by atoms with van der Waals surface area (Å²) < 4.78 is 5.93. The largest absolute Gasteiger partial charge is 0.470 e. The van der Waals surface area contributed by atoms with Crippen molar-refractivity contribution in [3.05, 3.63) is 66.1 Å². The van der Waals surface area contributed by atoms with E-state index < -0.39 is 6.35 Å². The zero-order chi connectivity index (χ0) is 19.1. The van der Waals surface area contributed by atoms with Crippen LogP contribution in [0.25, 0.3) is 11.2 Å². The molecule has 0 amide bonds. The van der Waals surface area contributed by atoms with Crippen LogP contribution in [0.3, 0.4) is 0 Å². The molecule has 2 aromatic heterocycles. The Morgan fingerprint density at radius 1 is 1.21 bits per heavy atom. The van der Waals surface area contributed by atoms with Gasteiger partial charge in [0.25, 0.3) is 6.35 Å². The number of benzene rings is 1. The number of ether oxygens (including phenoxy) is 1. The van der Waals surface area contributed by atoms with Crippen LogP contribution in [0.4, 0.5) is 5.69 Å². The summed E-state index contributed by atoms with van der Waals surface area (Å²) in [6, 6.07) is 9.53. The molecular weight excluding hydrogens is 382 g/mol. The van der Waals surface area contributed by atoms with E-state index in [4.69, 9.17) is 16.3 Å². The Kier molecular flexibility index (Phi) is 4.05. The average Bonchev–Trinajstić information content (AvgIpc) is 3.34. The number of aliphatic hydroxyl groups is 1. The number of hydrogen-bond acceptors (Lipinski definition) is 7. The van der Waals surface area contributed by atoms with E-state index in [0.717, 1.165) is 5.69 Å². The maximum Gasteiger partial charge on any atom is 0.288 e. The molecule has 0 bridgehead atoms. The Labute approximate surface area is 164 Å². The minimum absolute atomic E-state index is 0.154. The van der Waals surface area contributed by atoms with E-state index >= 15 is 0 Å². The zero-order valence-electron chi connectivity index (χ0n) is 14.5. The number of quaternary nitrogens is 1. The van der Waals surface area contributed by atoms with Crippen molar-refractivity contribution in [2.45, 2.75) is 6.35 Å². The molecule has 9 nitrogen and oxygen atoms in total. The average molecular weight is 397 g/mol. The third-order valence-corrected chi connectivity index (χ3v) is 4.85. The topological polar surface area (TPSA) is 104 Å². The van der Waals surface area contributed by atoms with Crippen molar-refractivity contribution in [2.24, 2.45) is 4.99 Å². The lowest BCUT2D eigenvalue weighted by Crippen LogP contribution is -3.17. The number of aromatic nitrogens is 4. The molecule has 0 aliphatic carbocycles. The number of imidazole rings is 1. The molecule has 5 rings (SSSR count). The summed E-state index contributed by atoms with van der Waals surface area (Å²) in [7, 11) is 0. The Balaban J connectivity index is 1.50. The van der Waals surface area contributed by atoms with Gasteiger partial charge in [-0.1, -0.05) is 18.2 Å². The van der Waals surface area contributed by atoms with Gasteiger partial charge in [0.05, 0.1) is 12.0 Å². The van der Waals surface area contributed by atoms with E-state index in [0.29, 0.717) is 38.6 Å². The van der Waals surface area contributed by atoms with Gasteiger partial charge in [-0.2, -0.15) is 14.9 Å². The highest BCUT2D eigenvalue weighted by atomic mass is 35.5. The first-order valence-electron chi connectivity index (χ1n) is 8.53. The van der Waals surface area contributed by atoms with Gasteiger partial charge in [-0.25, -0.2) is 9.97 Å². The molecule has 0 saturated carbocycles. The van der Waals surface area contributed by atoms with Gasteiger partial charge in [0.2, 0.25) is 16.9 Å². The van der Waals surface area contributed by atoms with Gasteiger partial charge in [0.15, 0.2) is 5.65 Å².